The number of rotatable bonds is 0. The van der Waals surface area contributed by atoms with Crippen LogP contribution in [0, 0.1) is 0 Å². The van der Waals surface area contributed by atoms with Crippen molar-refractivity contribution in [2.75, 3.05) is 0 Å². The molecule has 4 nitrogen and oxygen atoms in total. The molecule has 0 fully saturated rings. The third-order valence-electron chi connectivity index (χ3n) is 2.05. The van der Waals surface area contributed by atoms with E-state index in [1.807, 2.05) is 30.5 Å². The van der Waals surface area contributed by atoms with Gasteiger partial charge in [0.15, 0.2) is 5.65 Å². The Kier molecular flexibility index (Phi) is 1.14. The summed E-state index contributed by atoms with van der Waals surface area (Å²) in [4.78, 5) is 0. The molecule has 0 N–H and O–H groups in total. The van der Waals surface area contributed by atoms with E-state index >= 15 is 0 Å². The van der Waals surface area contributed by atoms with Gasteiger partial charge < -0.3 is 0 Å². The van der Waals surface area contributed by atoms with Crippen molar-refractivity contribution in [3.8, 4) is 0 Å². The van der Waals surface area contributed by atoms with Crippen molar-refractivity contribution in [2.45, 2.75) is 0 Å². The largest absolute Gasteiger partial charge is 0.200 e. The van der Waals surface area contributed by atoms with Crippen molar-refractivity contribution in [3.05, 3.63) is 36.8 Å². The van der Waals surface area contributed by atoms with E-state index in [4.69, 9.17) is 0 Å². The Bertz CT molecular complexity index is 570. The minimum Gasteiger partial charge on any atom is -0.200 e. The Morgan fingerprint density at radius 3 is 3.08 bits per heavy atom. The number of hydrogen-bond acceptors (Lipinski definition) is 3. The molecule has 0 radical (unpaired) electrons. The minimum absolute atomic E-state index is 0.804. The van der Waals surface area contributed by atoms with E-state index < -0.39 is 0 Å². The minimum atomic E-state index is 0.804. The molecule has 2 heterocycles. The van der Waals surface area contributed by atoms with E-state index in [0.717, 1.165) is 16.4 Å². The van der Waals surface area contributed by atoms with Crippen LogP contribution in [-0.4, -0.2) is 19.8 Å². The van der Waals surface area contributed by atoms with Crippen LogP contribution in [0.3, 0.4) is 0 Å². The van der Waals surface area contributed by atoms with Crippen molar-refractivity contribution >= 4 is 16.4 Å². The maximum absolute atomic E-state index is 4.16. The molecule has 0 aliphatic rings. The van der Waals surface area contributed by atoms with Gasteiger partial charge in [0.05, 0.1) is 6.20 Å². The molecular formula is C9H6N4. The van der Waals surface area contributed by atoms with Crippen LogP contribution < -0.4 is 0 Å². The van der Waals surface area contributed by atoms with Gasteiger partial charge in [-0.3, -0.25) is 0 Å². The summed E-state index contributed by atoms with van der Waals surface area (Å²) in [6.07, 6.45) is 3.41. The second-order valence-electron chi connectivity index (χ2n) is 2.83. The van der Waals surface area contributed by atoms with Crippen LogP contribution >= 0.6 is 0 Å². The number of nitrogens with zero attached hydrogens (tertiary/aromatic N) is 4. The molecule has 3 rings (SSSR count). The summed E-state index contributed by atoms with van der Waals surface area (Å²) in [6.45, 7) is 0. The average Bonchev–Trinajstić information content (AvgIpc) is 2.65. The third kappa shape index (κ3) is 0.823. The molecule has 62 valence electrons. The third-order valence-corrected chi connectivity index (χ3v) is 2.05. The summed E-state index contributed by atoms with van der Waals surface area (Å²) in [7, 11) is 0. The van der Waals surface area contributed by atoms with E-state index in [0.29, 0.717) is 0 Å². The van der Waals surface area contributed by atoms with Gasteiger partial charge in [0.25, 0.3) is 0 Å². The normalized spacial score (nSPS) is 11.1. The van der Waals surface area contributed by atoms with Gasteiger partial charge >= 0.3 is 0 Å². The number of fused-ring (bicyclic) bond motifs is 3. The zero-order valence-electron chi connectivity index (χ0n) is 6.75. The lowest BCUT2D eigenvalue weighted by Gasteiger charge is -1.96. The van der Waals surface area contributed by atoms with Gasteiger partial charge in [0.2, 0.25) is 0 Å². The van der Waals surface area contributed by atoms with E-state index in [2.05, 4.69) is 15.3 Å². The summed E-state index contributed by atoms with van der Waals surface area (Å²) in [5.74, 6) is 0. The first-order valence-electron chi connectivity index (χ1n) is 3.99. The molecule has 13 heavy (non-hydrogen) atoms. The molecule has 0 aliphatic heterocycles. The van der Waals surface area contributed by atoms with Crippen LogP contribution in [0.25, 0.3) is 16.4 Å². The molecule has 0 aliphatic carbocycles. The Morgan fingerprint density at radius 2 is 2.08 bits per heavy atom. The lowest BCUT2D eigenvalue weighted by atomic mass is 10.2. The van der Waals surface area contributed by atoms with E-state index in [1.54, 1.807) is 10.8 Å². The van der Waals surface area contributed by atoms with Crippen LogP contribution in [0.1, 0.15) is 0 Å². The van der Waals surface area contributed by atoms with E-state index in [-0.39, 0.29) is 0 Å². The average molecular weight is 170 g/mol. The molecule has 0 saturated heterocycles. The number of benzene rings is 1. The Hall–Kier alpha value is -1.97. The molecule has 2 aromatic heterocycles. The number of hydrogen-bond donors (Lipinski definition) is 0. The molecule has 1 aromatic carbocycles. The molecule has 0 atom stereocenters. The molecule has 0 spiro atoms. The molecule has 3 aromatic rings. The van der Waals surface area contributed by atoms with Crippen LogP contribution in [0.15, 0.2) is 36.8 Å². The summed E-state index contributed by atoms with van der Waals surface area (Å²) in [5, 5.41) is 14.1. The van der Waals surface area contributed by atoms with Crippen molar-refractivity contribution in [2.24, 2.45) is 0 Å². The zero-order valence-corrected chi connectivity index (χ0v) is 6.75. The standard InChI is InChI=1S/C9H6N4/c1-2-4-8-7(3-1)5-11-13-6-10-12-9(8)13/h1-6H. The van der Waals surface area contributed by atoms with Crippen molar-refractivity contribution in [3.63, 3.8) is 0 Å². The highest BCUT2D eigenvalue weighted by atomic mass is 15.3. The van der Waals surface area contributed by atoms with Crippen molar-refractivity contribution < 1.29 is 0 Å². The second-order valence-corrected chi connectivity index (χ2v) is 2.83. The van der Waals surface area contributed by atoms with Crippen LogP contribution in [0.2, 0.25) is 0 Å². The first-order chi connectivity index (χ1) is 6.45. The topological polar surface area (TPSA) is 43.1 Å². The fraction of sp³-hybridized carbons (Fsp3) is 0. The monoisotopic (exact) mass is 170 g/mol. The highest BCUT2D eigenvalue weighted by molar-refractivity contribution is 5.92. The first-order valence-corrected chi connectivity index (χ1v) is 3.99. The second kappa shape index (κ2) is 2.26. The predicted molar refractivity (Wildman–Crippen MR) is 48.3 cm³/mol. The number of aromatic nitrogens is 4. The Labute approximate surface area is 73.8 Å². The van der Waals surface area contributed by atoms with Gasteiger partial charge in [-0.05, 0) is 0 Å². The smallest absolute Gasteiger partial charge is 0.185 e. The molecule has 4 heteroatoms. The van der Waals surface area contributed by atoms with Gasteiger partial charge in [-0.1, -0.05) is 24.3 Å². The van der Waals surface area contributed by atoms with E-state index in [9.17, 15) is 0 Å². The van der Waals surface area contributed by atoms with Gasteiger partial charge in [-0.15, -0.1) is 10.2 Å². The van der Waals surface area contributed by atoms with Crippen molar-refractivity contribution in [1.29, 1.82) is 0 Å². The highest BCUT2D eigenvalue weighted by Gasteiger charge is 2.00. The molecular weight excluding hydrogens is 164 g/mol. The highest BCUT2D eigenvalue weighted by Crippen LogP contribution is 2.15. The molecule has 0 amide bonds. The molecule has 0 saturated carbocycles. The van der Waals surface area contributed by atoms with Crippen LogP contribution in [0.4, 0.5) is 0 Å². The Balaban J connectivity index is 2.65. The maximum atomic E-state index is 4.16. The fourth-order valence-corrected chi connectivity index (χ4v) is 1.43. The van der Waals surface area contributed by atoms with Crippen LogP contribution in [-0.2, 0) is 0 Å². The van der Waals surface area contributed by atoms with Crippen molar-refractivity contribution in [1.82, 2.24) is 19.8 Å². The molecule has 0 bridgehead atoms. The summed E-state index contributed by atoms with van der Waals surface area (Å²) in [5.41, 5.74) is 0.804. The maximum Gasteiger partial charge on any atom is 0.185 e. The fourth-order valence-electron chi connectivity index (χ4n) is 1.43. The quantitative estimate of drug-likeness (QED) is 0.510. The lowest BCUT2D eigenvalue weighted by molar-refractivity contribution is 0.936. The summed E-state index contributed by atoms with van der Waals surface area (Å²) < 4.78 is 1.67. The van der Waals surface area contributed by atoms with Gasteiger partial charge in [-0.25, -0.2) is 0 Å². The van der Waals surface area contributed by atoms with Gasteiger partial charge in [0.1, 0.15) is 6.33 Å². The summed E-state index contributed by atoms with van der Waals surface area (Å²) in [6, 6.07) is 7.99. The first kappa shape index (κ1) is 6.54. The zero-order chi connectivity index (χ0) is 8.67. The SMILES string of the molecule is c1ccc2c(c1)cnn1cnnc21. The lowest BCUT2D eigenvalue weighted by Crippen LogP contribution is -1.89. The van der Waals surface area contributed by atoms with E-state index in [1.165, 1.54) is 0 Å². The van der Waals surface area contributed by atoms with Crippen LogP contribution in [0.5, 0.6) is 0 Å². The molecule has 0 unspecified atom stereocenters. The Morgan fingerprint density at radius 1 is 1.15 bits per heavy atom. The van der Waals surface area contributed by atoms with Gasteiger partial charge in [-0.2, -0.15) is 9.61 Å². The predicted octanol–water partition coefficient (Wildman–Crippen LogP) is 1.28. The summed E-state index contributed by atoms with van der Waals surface area (Å²) >= 11 is 0. The van der Waals surface area contributed by atoms with Gasteiger partial charge in [0, 0.05) is 10.8 Å².